The molecule has 0 spiro atoms. The maximum Gasteiger partial charge on any atom is 0.518 e. The van der Waals surface area contributed by atoms with E-state index in [4.69, 9.17) is 4.74 Å². The first-order valence-electron chi connectivity index (χ1n) is 7.75. The predicted octanol–water partition coefficient (Wildman–Crippen LogP) is 3.82. The minimum atomic E-state index is -5.84. The summed E-state index contributed by atoms with van der Waals surface area (Å²) in [4.78, 5) is 12.4. The highest BCUT2D eigenvalue weighted by atomic mass is 127. The molecule has 0 unspecified atom stereocenters. The van der Waals surface area contributed by atoms with Crippen molar-refractivity contribution in [1.29, 1.82) is 0 Å². The molecule has 6 nitrogen and oxygen atoms in total. The van der Waals surface area contributed by atoms with E-state index in [-0.39, 0.29) is 25.7 Å². The molecule has 2 rings (SSSR count). The molecule has 0 aromatic heterocycles. The van der Waals surface area contributed by atoms with Crippen LogP contribution in [0.2, 0.25) is 0 Å². The van der Waals surface area contributed by atoms with E-state index in [1.54, 1.807) is 6.07 Å². The molecule has 28 heavy (non-hydrogen) atoms. The van der Waals surface area contributed by atoms with Crippen LogP contribution in [0.5, 0.6) is 0 Å². The fourth-order valence-electron chi connectivity index (χ4n) is 2.59. The lowest BCUT2D eigenvalue weighted by Crippen LogP contribution is -2.36. The third-order valence-corrected chi connectivity index (χ3v) is 8.69. The van der Waals surface area contributed by atoms with Gasteiger partial charge < -0.3 is 9.84 Å². The Morgan fingerprint density at radius 3 is 2.25 bits per heavy atom. The summed E-state index contributed by atoms with van der Waals surface area (Å²) in [6.07, 6.45) is 0.161. The Morgan fingerprint density at radius 2 is 1.71 bits per heavy atom. The molecule has 1 aliphatic carbocycles. The second-order valence-electron chi connectivity index (χ2n) is 5.98. The van der Waals surface area contributed by atoms with Crippen LogP contribution in [-0.2, 0) is 14.8 Å². The van der Waals surface area contributed by atoms with E-state index < -0.39 is 39.4 Å². The van der Waals surface area contributed by atoms with Gasteiger partial charge in [0.25, 0.3) is 0 Å². The number of halogens is 6. The number of benzene rings is 1. The molecule has 1 aromatic rings. The zero-order valence-corrected chi connectivity index (χ0v) is 21.1. The third kappa shape index (κ3) is 6.05. The summed E-state index contributed by atoms with van der Waals surface area (Å²) in [6, 6.07) is 3.61. The van der Waals surface area contributed by atoms with Gasteiger partial charge in [-0.3, -0.25) is 0 Å². The molecule has 1 aromatic carbocycles. The summed E-state index contributed by atoms with van der Waals surface area (Å²) in [5.41, 5.74) is -5.18. The lowest BCUT2D eigenvalue weighted by Gasteiger charge is -2.31. The Morgan fingerprint density at radius 1 is 1.14 bits per heavy atom. The largest absolute Gasteiger partial charge is 0.861 e. The molecule has 0 amide bonds. The molecule has 0 bridgehead atoms. The van der Waals surface area contributed by atoms with E-state index in [0.717, 1.165) is 10.7 Å². The highest BCUT2D eigenvalue weighted by molar-refractivity contribution is 14.1. The van der Waals surface area contributed by atoms with Crippen LogP contribution in [0.3, 0.4) is 0 Å². The van der Waals surface area contributed by atoms with Gasteiger partial charge in [0, 0.05) is 10.7 Å². The van der Waals surface area contributed by atoms with Crippen LogP contribution in [0.1, 0.15) is 36.0 Å². The van der Waals surface area contributed by atoms with E-state index in [0.29, 0.717) is 5.56 Å². The molecule has 1 saturated carbocycles. The summed E-state index contributed by atoms with van der Waals surface area (Å²) in [7, 11) is -5.84. The molecule has 0 heterocycles. The first-order chi connectivity index (χ1) is 12.8. The van der Waals surface area contributed by atoms with Crippen LogP contribution in [0.15, 0.2) is 16.5 Å². The average Bonchev–Trinajstić information content (AvgIpc) is 2.57. The van der Waals surface area contributed by atoms with Gasteiger partial charge in [-0.05, 0) is 117 Å². The number of carbonyl (C=O) groups excluding carboxylic acids is 1. The van der Waals surface area contributed by atoms with Crippen molar-refractivity contribution in [3.05, 3.63) is 28.4 Å². The summed E-state index contributed by atoms with van der Waals surface area (Å²) in [5.74, 6) is -2.77. The van der Waals surface area contributed by atoms with Gasteiger partial charge in [-0.2, -0.15) is 26.0 Å². The van der Waals surface area contributed by atoms with E-state index in [2.05, 4.69) is 49.6 Å². The SMILES string of the molecule is O=C(OC1CCC(/C([O-])=N/S(=O)(=O)C(F)(F)F)CC1)c1cc(I)cc(I)c1I. The molecule has 0 atom stereocenters. The van der Waals surface area contributed by atoms with Crippen LogP contribution >= 0.6 is 67.8 Å². The zero-order valence-electron chi connectivity index (χ0n) is 13.8. The van der Waals surface area contributed by atoms with Crippen LogP contribution < -0.4 is 5.11 Å². The Kier molecular flexibility index (Phi) is 8.25. The molecule has 1 aliphatic rings. The van der Waals surface area contributed by atoms with Gasteiger partial charge in [-0.1, -0.05) is 0 Å². The number of hydrogen-bond donors (Lipinski definition) is 0. The standard InChI is InChI=1S/C15H13F3I3NO5S/c16-15(17,18)28(25,26)22-13(23)7-1-3-9(4-2-7)27-14(24)10-5-8(19)6-11(20)12(10)21/h5-7,9H,1-4H2,(H,22,23)/p-1. The number of hydrogen-bond acceptors (Lipinski definition) is 5. The van der Waals surface area contributed by atoms with Crippen LogP contribution in [0.25, 0.3) is 0 Å². The number of rotatable bonds is 4. The van der Waals surface area contributed by atoms with Crippen molar-refractivity contribution < 1.29 is 36.2 Å². The fraction of sp³-hybridized carbons (Fsp3) is 0.467. The molecule has 0 aliphatic heterocycles. The van der Waals surface area contributed by atoms with Crippen molar-refractivity contribution in [2.45, 2.75) is 37.3 Å². The van der Waals surface area contributed by atoms with Crippen molar-refractivity contribution in [2.24, 2.45) is 10.3 Å². The summed E-state index contributed by atoms with van der Waals surface area (Å²) < 4.78 is 69.3. The van der Waals surface area contributed by atoms with Crippen molar-refractivity contribution in [1.82, 2.24) is 0 Å². The highest BCUT2D eigenvalue weighted by Crippen LogP contribution is 2.30. The van der Waals surface area contributed by atoms with E-state index in [1.165, 1.54) is 0 Å². The van der Waals surface area contributed by atoms with Crippen molar-refractivity contribution >= 4 is 89.7 Å². The summed E-state index contributed by atoms with van der Waals surface area (Å²) >= 11 is 6.24. The fourth-order valence-corrected chi connectivity index (χ4v) is 5.46. The Labute approximate surface area is 200 Å². The van der Waals surface area contributed by atoms with Crippen LogP contribution in [-0.4, -0.2) is 31.9 Å². The minimum absolute atomic E-state index is 0.0919. The molecular formula is C15H12F3I3NO5S-. The van der Waals surface area contributed by atoms with Crippen molar-refractivity contribution in [2.75, 3.05) is 0 Å². The maximum atomic E-state index is 12.4. The number of ether oxygens (including phenoxy) is 1. The third-order valence-electron chi connectivity index (χ3n) is 4.01. The molecule has 1 fully saturated rings. The average molecular weight is 756 g/mol. The van der Waals surface area contributed by atoms with Crippen LogP contribution in [0.4, 0.5) is 13.2 Å². The monoisotopic (exact) mass is 756 g/mol. The first-order valence-corrected chi connectivity index (χ1v) is 12.4. The predicted molar refractivity (Wildman–Crippen MR) is 118 cm³/mol. The second kappa shape index (κ2) is 9.49. The summed E-state index contributed by atoms with van der Waals surface area (Å²) in [5, 5.41) is 11.8. The molecular weight excluding hydrogens is 744 g/mol. The van der Waals surface area contributed by atoms with Gasteiger partial charge >= 0.3 is 21.5 Å². The lowest BCUT2D eigenvalue weighted by molar-refractivity contribution is -0.224. The molecule has 156 valence electrons. The van der Waals surface area contributed by atoms with Gasteiger partial charge in [0.05, 0.1) is 5.56 Å². The molecule has 0 saturated heterocycles. The van der Waals surface area contributed by atoms with Crippen LogP contribution in [0, 0.1) is 16.6 Å². The van der Waals surface area contributed by atoms with Gasteiger partial charge in [0.2, 0.25) is 0 Å². The smallest absolute Gasteiger partial charge is 0.518 e. The number of alkyl halides is 3. The number of nitrogens with zero attached hydrogens (tertiary/aromatic N) is 1. The van der Waals surface area contributed by atoms with Crippen molar-refractivity contribution in [3.8, 4) is 0 Å². The molecule has 13 heteroatoms. The Balaban J connectivity index is 2.00. The van der Waals surface area contributed by atoms with Gasteiger partial charge in [-0.15, -0.1) is 0 Å². The van der Waals surface area contributed by atoms with E-state index in [9.17, 15) is 31.5 Å². The van der Waals surface area contributed by atoms with Gasteiger partial charge in [0.15, 0.2) is 0 Å². The minimum Gasteiger partial charge on any atom is -0.861 e. The maximum absolute atomic E-state index is 12.4. The normalized spacial score (nSPS) is 21.4. The molecule has 0 N–H and O–H groups in total. The lowest BCUT2D eigenvalue weighted by atomic mass is 9.87. The number of sulfonamides is 1. The number of esters is 1. The highest BCUT2D eigenvalue weighted by Gasteiger charge is 2.46. The molecule has 0 radical (unpaired) electrons. The quantitative estimate of drug-likeness (QED) is 0.153. The second-order valence-corrected chi connectivity index (χ2v) is 11.1. The van der Waals surface area contributed by atoms with E-state index in [1.807, 2.05) is 28.7 Å². The Bertz CT molecular complexity index is 897. The van der Waals surface area contributed by atoms with E-state index >= 15 is 0 Å². The van der Waals surface area contributed by atoms with Crippen molar-refractivity contribution in [3.63, 3.8) is 0 Å². The first kappa shape index (κ1) is 24.4. The summed E-state index contributed by atoms with van der Waals surface area (Å²) in [6.45, 7) is 0. The van der Waals surface area contributed by atoms with Gasteiger partial charge in [0.1, 0.15) is 6.10 Å². The number of carbonyl (C=O) groups is 1. The van der Waals surface area contributed by atoms with Gasteiger partial charge in [-0.25, -0.2) is 4.79 Å². The topological polar surface area (TPSA) is 95.9 Å². The zero-order chi connectivity index (χ0) is 21.3. The Hall–Kier alpha value is 0.0900.